The number of rotatable bonds is 5. The monoisotopic (exact) mass is 292 g/mol. The van der Waals surface area contributed by atoms with Gasteiger partial charge in [-0.15, -0.1) is 0 Å². The summed E-state index contributed by atoms with van der Waals surface area (Å²) in [5.41, 5.74) is 7.22. The minimum Gasteiger partial charge on any atom is -0.378 e. The number of nitrogens with two attached hydrogens (primary N) is 1. The second-order valence-corrected chi connectivity index (χ2v) is 7.24. The van der Waals surface area contributed by atoms with Crippen LogP contribution in [0.3, 0.4) is 0 Å². The van der Waals surface area contributed by atoms with E-state index in [4.69, 9.17) is 5.73 Å². The van der Waals surface area contributed by atoms with Gasteiger partial charge in [-0.3, -0.25) is 0 Å². The SMILES string of the molecule is CCC(C)(C)C1CCC(CN)(Nc2cccc(F)c2)CC1. The Morgan fingerprint density at radius 3 is 2.52 bits per heavy atom. The molecular weight excluding hydrogens is 263 g/mol. The minimum absolute atomic E-state index is 0.0753. The first-order valence-corrected chi connectivity index (χ1v) is 8.15. The molecule has 3 heteroatoms. The van der Waals surface area contributed by atoms with Crippen molar-refractivity contribution in [2.75, 3.05) is 11.9 Å². The van der Waals surface area contributed by atoms with Crippen LogP contribution < -0.4 is 11.1 Å². The van der Waals surface area contributed by atoms with Gasteiger partial charge in [-0.2, -0.15) is 0 Å². The van der Waals surface area contributed by atoms with Gasteiger partial charge in [0.15, 0.2) is 0 Å². The van der Waals surface area contributed by atoms with Crippen molar-refractivity contribution < 1.29 is 4.39 Å². The van der Waals surface area contributed by atoms with Gasteiger partial charge in [0.25, 0.3) is 0 Å². The molecule has 0 aliphatic heterocycles. The van der Waals surface area contributed by atoms with E-state index < -0.39 is 0 Å². The summed E-state index contributed by atoms with van der Waals surface area (Å²) < 4.78 is 13.3. The lowest BCUT2D eigenvalue weighted by Crippen LogP contribution is -2.49. The van der Waals surface area contributed by atoms with Crippen molar-refractivity contribution in [1.82, 2.24) is 0 Å². The average molecular weight is 292 g/mol. The summed E-state index contributed by atoms with van der Waals surface area (Å²) in [4.78, 5) is 0. The normalized spacial score (nSPS) is 26.6. The van der Waals surface area contributed by atoms with E-state index in [2.05, 4.69) is 26.1 Å². The molecule has 2 rings (SSSR count). The summed E-state index contributed by atoms with van der Waals surface area (Å²) in [6, 6.07) is 6.69. The van der Waals surface area contributed by atoms with Crippen LogP contribution in [0.4, 0.5) is 10.1 Å². The van der Waals surface area contributed by atoms with E-state index in [1.54, 1.807) is 12.1 Å². The molecule has 1 aliphatic rings. The van der Waals surface area contributed by atoms with Gasteiger partial charge < -0.3 is 11.1 Å². The summed E-state index contributed by atoms with van der Waals surface area (Å²) >= 11 is 0. The first-order valence-electron chi connectivity index (χ1n) is 8.15. The second kappa shape index (κ2) is 6.35. The molecule has 118 valence electrons. The summed E-state index contributed by atoms with van der Waals surface area (Å²) in [5, 5.41) is 3.51. The number of hydrogen-bond donors (Lipinski definition) is 2. The summed E-state index contributed by atoms with van der Waals surface area (Å²) in [7, 11) is 0. The lowest BCUT2D eigenvalue weighted by Gasteiger charge is -2.45. The van der Waals surface area contributed by atoms with Crippen LogP contribution in [0.15, 0.2) is 24.3 Å². The van der Waals surface area contributed by atoms with Gasteiger partial charge in [0.2, 0.25) is 0 Å². The maximum Gasteiger partial charge on any atom is 0.125 e. The largest absolute Gasteiger partial charge is 0.378 e. The van der Waals surface area contributed by atoms with Gasteiger partial charge in [-0.1, -0.05) is 33.3 Å². The lowest BCUT2D eigenvalue weighted by atomic mass is 9.65. The van der Waals surface area contributed by atoms with Crippen LogP contribution in [-0.4, -0.2) is 12.1 Å². The molecule has 1 aromatic rings. The third-order valence-corrected chi connectivity index (χ3v) is 5.58. The van der Waals surface area contributed by atoms with E-state index in [0.717, 1.165) is 24.4 Å². The molecule has 1 fully saturated rings. The molecule has 0 unspecified atom stereocenters. The highest BCUT2D eigenvalue weighted by Crippen LogP contribution is 2.44. The molecule has 2 nitrogen and oxygen atoms in total. The number of benzene rings is 1. The smallest absolute Gasteiger partial charge is 0.125 e. The molecule has 1 aliphatic carbocycles. The van der Waals surface area contributed by atoms with Crippen LogP contribution in [0.2, 0.25) is 0 Å². The Hall–Kier alpha value is -1.09. The number of hydrogen-bond acceptors (Lipinski definition) is 2. The molecule has 0 saturated heterocycles. The van der Waals surface area contributed by atoms with Gasteiger partial charge in [0.1, 0.15) is 5.82 Å². The number of nitrogens with one attached hydrogen (secondary N) is 1. The maximum absolute atomic E-state index is 13.3. The van der Waals surface area contributed by atoms with Crippen LogP contribution in [-0.2, 0) is 0 Å². The van der Waals surface area contributed by atoms with Crippen LogP contribution in [0, 0.1) is 17.2 Å². The van der Waals surface area contributed by atoms with Gasteiger partial charge in [0.05, 0.1) is 0 Å². The molecule has 0 radical (unpaired) electrons. The number of halogens is 1. The Balaban J connectivity index is 2.05. The zero-order valence-electron chi connectivity index (χ0n) is 13.6. The van der Waals surface area contributed by atoms with Crippen molar-refractivity contribution in [2.45, 2.75) is 58.4 Å². The summed E-state index contributed by atoms with van der Waals surface area (Å²) in [6.07, 6.45) is 5.73. The van der Waals surface area contributed by atoms with Gasteiger partial charge in [0, 0.05) is 17.8 Å². The molecule has 0 atom stereocenters. The average Bonchev–Trinajstić information content (AvgIpc) is 2.48. The van der Waals surface area contributed by atoms with Crippen molar-refractivity contribution in [3.05, 3.63) is 30.1 Å². The maximum atomic E-state index is 13.3. The molecule has 0 spiro atoms. The van der Waals surface area contributed by atoms with E-state index >= 15 is 0 Å². The van der Waals surface area contributed by atoms with Crippen molar-refractivity contribution >= 4 is 5.69 Å². The Morgan fingerprint density at radius 2 is 2.00 bits per heavy atom. The van der Waals surface area contributed by atoms with Gasteiger partial charge in [-0.05, 0) is 55.2 Å². The Morgan fingerprint density at radius 1 is 1.33 bits per heavy atom. The van der Waals surface area contributed by atoms with E-state index in [1.807, 2.05) is 6.07 Å². The van der Waals surface area contributed by atoms with Gasteiger partial charge >= 0.3 is 0 Å². The number of anilines is 1. The van der Waals surface area contributed by atoms with E-state index in [1.165, 1.54) is 25.3 Å². The van der Waals surface area contributed by atoms with Crippen LogP contribution >= 0.6 is 0 Å². The van der Waals surface area contributed by atoms with Crippen molar-refractivity contribution in [3.8, 4) is 0 Å². The first kappa shape index (κ1) is 16.3. The molecule has 0 bridgehead atoms. The summed E-state index contributed by atoms with van der Waals surface area (Å²) in [6.45, 7) is 7.61. The van der Waals surface area contributed by atoms with E-state index in [9.17, 15) is 4.39 Å². The highest BCUT2D eigenvalue weighted by Gasteiger charge is 2.38. The molecule has 0 aromatic heterocycles. The topological polar surface area (TPSA) is 38.0 Å². The second-order valence-electron chi connectivity index (χ2n) is 7.24. The Kier molecular flexibility index (Phi) is 4.92. The summed E-state index contributed by atoms with van der Waals surface area (Å²) in [5.74, 6) is 0.560. The third kappa shape index (κ3) is 3.76. The van der Waals surface area contributed by atoms with Gasteiger partial charge in [-0.25, -0.2) is 4.39 Å². The molecule has 1 saturated carbocycles. The molecule has 1 aromatic carbocycles. The fourth-order valence-electron chi connectivity index (χ4n) is 3.49. The minimum atomic E-state index is -0.201. The van der Waals surface area contributed by atoms with E-state index in [0.29, 0.717) is 12.0 Å². The zero-order valence-corrected chi connectivity index (χ0v) is 13.6. The van der Waals surface area contributed by atoms with Crippen LogP contribution in [0.5, 0.6) is 0 Å². The Bertz CT molecular complexity index is 462. The van der Waals surface area contributed by atoms with Crippen LogP contribution in [0.1, 0.15) is 52.9 Å². The molecule has 0 amide bonds. The van der Waals surface area contributed by atoms with E-state index in [-0.39, 0.29) is 11.4 Å². The standard InChI is InChI=1S/C18H29FN2/c1-4-17(2,3)14-8-10-18(13-20,11-9-14)21-16-7-5-6-15(19)12-16/h5-7,12,14,21H,4,8-11,13,20H2,1-3H3. The Labute approximate surface area is 128 Å². The molecule has 21 heavy (non-hydrogen) atoms. The zero-order chi connectivity index (χ0) is 15.5. The fraction of sp³-hybridized carbons (Fsp3) is 0.667. The predicted octanol–water partition coefficient (Wildman–Crippen LogP) is 4.56. The van der Waals surface area contributed by atoms with Crippen molar-refractivity contribution in [3.63, 3.8) is 0 Å². The lowest BCUT2D eigenvalue weighted by molar-refractivity contribution is 0.124. The fourth-order valence-corrected chi connectivity index (χ4v) is 3.49. The molecular formula is C18H29FN2. The molecule has 3 N–H and O–H groups in total. The van der Waals surface area contributed by atoms with Crippen molar-refractivity contribution in [2.24, 2.45) is 17.1 Å². The highest BCUT2D eigenvalue weighted by atomic mass is 19.1. The molecule has 0 heterocycles. The third-order valence-electron chi connectivity index (χ3n) is 5.58. The van der Waals surface area contributed by atoms with Crippen molar-refractivity contribution in [1.29, 1.82) is 0 Å². The van der Waals surface area contributed by atoms with Crippen LogP contribution in [0.25, 0.3) is 0 Å². The highest BCUT2D eigenvalue weighted by molar-refractivity contribution is 5.46. The quantitative estimate of drug-likeness (QED) is 0.834. The first-order chi connectivity index (χ1) is 9.91. The predicted molar refractivity (Wildman–Crippen MR) is 87.8 cm³/mol.